The summed E-state index contributed by atoms with van der Waals surface area (Å²) in [6.45, 7) is 7.62. The Morgan fingerprint density at radius 3 is 1.83 bits per heavy atom. The number of carbonyl (C=O) groups is 3. The van der Waals surface area contributed by atoms with Gasteiger partial charge >= 0.3 is 17.9 Å². The lowest BCUT2D eigenvalue weighted by Gasteiger charge is -2.21. The lowest BCUT2D eigenvalue weighted by atomic mass is 9.91. The molecule has 7 heteroatoms. The number of rotatable bonds is 17. The van der Waals surface area contributed by atoms with E-state index in [0.29, 0.717) is 6.61 Å². The number of hydrogen-bond donors (Lipinski definition) is 1. The Labute approximate surface area is 175 Å². The standard InChI is InChI=1S/C22H40O7/c1-5-7-9-11-13-27-20(24)15-19(18(4)21(25)29-16-17(3)23)22(26)28-14-12-10-8-6-2/h17-19,23H,5-16H2,1-4H3. The first-order valence-electron chi connectivity index (χ1n) is 11.0. The highest BCUT2D eigenvalue weighted by Crippen LogP contribution is 2.21. The van der Waals surface area contributed by atoms with Crippen LogP contribution < -0.4 is 0 Å². The van der Waals surface area contributed by atoms with Crippen molar-refractivity contribution in [2.24, 2.45) is 11.8 Å². The van der Waals surface area contributed by atoms with Gasteiger partial charge in [-0.2, -0.15) is 0 Å². The van der Waals surface area contributed by atoms with Gasteiger partial charge in [0.2, 0.25) is 0 Å². The molecular formula is C22H40O7. The van der Waals surface area contributed by atoms with Crippen molar-refractivity contribution in [3.05, 3.63) is 0 Å². The van der Waals surface area contributed by atoms with Crippen LogP contribution >= 0.6 is 0 Å². The topological polar surface area (TPSA) is 99.1 Å². The van der Waals surface area contributed by atoms with Crippen LogP contribution in [0, 0.1) is 11.8 Å². The summed E-state index contributed by atoms with van der Waals surface area (Å²) in [5.41, 5.74) is 0. The maximum absolute atomic E-state index is 12.5. The summed E-state index contributed by atoms with van der Waals surface area (Å²) in [7, 11) is 0. The highest BCUT2D eigenvalue weighted by molar-refractivity contribution is 5.85. The fourth-order valence-corrected chi connectivity index (χ4v) is 2.72. The van der Waals surface area contributed by atoms with Gasteiger partial charge in [0.1, 0.15) is 6.61 Å². The molecule has 1 N–H and O–H groups in total. The van der Waals surface area contributed by atoms with E-state index in [1.54, 1.807) is 0 Å². The van der Waals surface area contributed by atoms with Crippen molar-refractivity contribution in [3.8, 4) is 0 Å². The van der Waals surface area contributed by atoms with Crippen molar-refractivity contribution in [2.45, 2.75) is 91.6 Å². The lowest BCUT2D eigenvalue weighted by Crippen LogP contribution is -2.34. The van der Waals surface area contributed by atoms with E-state index in [1.165, 1.54) is 13.8 Å². The quantitative estimate of drug-likeness (QED) is 0.219. The zero-order valence-electron chi connectivity index (χ0n) is 18.6. The average molecular weight is 417 g/mol. The van der Waals surface area contributed by atoms with E-state index in [0.717, 1.165) is 51.4 Å². The smallest absolute Gasteiger partial charge is 0.310 e. The van der Waals surface area contributed by atoms with Crippen molar-refractivity contribution in [1.82, 2.24) is 0 Å². The molecule has 0 saturated heterocycles. The van der Waals surface area contributed by atoms with Crippen LogP contribution in [0.2, 0.25) is 0 Å². The van der Waals surface area contributed by atoms with E-state index >= 15 is 0 Å². The molecule has 7 nitrogen and oxygen atoms in total. The molecule has 0 aliphatic carbocycles. The van der Waals surface area contributed by atoms with Gasteiger partial charge in [0.15, 0.2) is 0 Å². The second-order valence-electron chi connectivity index (χ2n) is 7.59. The Bertz CT molecular complexity index is 462. The molecule has 0 aromatic carbocycles. The third kappa shape index (κ3) is 14.1. The Morgan fingerprint density at radius 2 is 1.31 bits per heavy atom. The number of hydrogen-bond acceptors (Lipinski definition) is 7. The van der Waals surface area contributed by atoms with Crippen molar-refractivity contribution in [1.29, 1.82) is 0 Å². The van der Waals surface area contributed by atoms with Gasteiger partial charge in [0.25, 0.3) is 0 Å². The van der Waals surface area contributed by atoms with Gasteiger partial charge in [-0.15, -0.1) is 0 Å². The summed E-state index contributed by atoms with van der Waals surface area (Å²) in [5.74, 6) is -3.60. The number of ether oxygens (including phenoxy) is 3. The molecule has 0 amide bonds. The molecule has 0 rings (SSSR count). The van der Waals surface area contributed by atoms with Crippen LogP contribution in [0.4, 0.5) is 0 Å². The van der Waals surface area contributed by atoms with Gasteiger partial charge in [0.05, 0.1) is 37.6 Å². The number of carbonyl (C=O) groups excluding carboxylic acids is 3. The number of aliphatic hydroxyl groups excluding tert-OH is 1. The zero-order chi connectivity index (χ0) is 22.1. The summed E-state index contributed by atoms with van der Waals surface area (Å²) in [6.07, 6.45) is 6.74. The number of unbranched alkanes of at least 4 members (excludes halogenated alkanes) is 6. The fourth-order valence-electron chi connectivity index (χ4n) is 2.72. The molecule has 0 spiro atoms. The predicted molar refractivity (Wildman–Crippen MR) is 110 cm³/mol. The van der Waals surface area contributed by atoms with Crippen LogP contribution in [0.1, 0.15) is 85.5 Å². The zero-order valence-corrected chi connectivity index (χ0v) is 18.6. The van der Waals surface area contributed by atoms with Gasteiger partial charge in [-0.1, -0.05) is 59.3 Å². The van der Waals surface area contributed by atoms with E-state index in [4.69, 9.17) is 14.2 Å². The minimum atomic E-state index is -0.967. The second-order valence-corrected chi connectivity index (χ2v) is 7.59. The summed E-state index contributed by atoms with van der Waals surface area (Å²) in [5, 5.41) is 9.28. The van der Waals surface area contributed by atoms with Gasteiger partial charge in [-0.05, 0) is 19.8 Å². The molecule has 170 valence electrons. The van der Waals surface area contributed by atoms with E-state index < -0.39 is 35.8 Å². The van der Waals surface area contributed by atoms with Crippen LogP contribution in [0.25, 0.3) is 0 Å². The highest BCUT2D eigenvalue weighted by atomic mass is 16.5. The SMILES string of the molecule is CCCCCCOC(=O)CC(C(=O)OCCCCCC)C(C)C(=O)OCC(C)O. The molecule has 3 unspecified atom stereocenters. The maximum atomic E-state index is 12.5. The van der Waals surface area contributed by atoms with Gasteiger partial charge in [0, 0.05) is 0 Å². The first-order valence-corrected chi connectivity index (χ1v) is 11.0. The van der Waals surface area contributed by atoms with Crippen molar-refractivity contribution in [2.75, 3.05) is 19.8 Å². The molecule has 0 radical (unpaired) electrons. The van der Waals surface area contributed by atoms with E-state index in [9.17, 15) is 19.5 Å². The molecule has 3 atom stereocenters. The first kappa shape index (κ1) is 27.4. The van der Waals surface area contributed by atoms with E-state index in [2.05, 4.69) is 13.8 Å². The molecule has 0 aliphatic rings. The van der Waals surface area contributed by atoms with Gasteiger partial charge in [-0.3, -0.25) is 14.4 Å². The summed E-state index contributed by atoms with van der Waals surface area (Å²) in [4.78, 5) is 36.9. The normalized spacial score (nSPS) is 14.0. The van der Waals surface area contributed by atoms with Crippen LogP contribution in [0.5, 0.6) is 0 Å². The van der Waals surface area contributed by atoms with Crippen LogP contribution in [-0.2, 0) is 28.6 Å². The van der Waals surface area contributed by atoms with Crippen LogP contribution in [0.3, 0.4) is 0 Å². The third-order valence-electron chi connectivity index (χ3n) is 4.63. The molecule has 0 saturated carbocycles. The molecule has 0 aliphatic heterocycles. The van der Waals surface area contributed by atoms with E-state index in [-0.39, 0.29) is 19.6 Å². The van der Waals surface area contributed by atoms with Crippen molar-refractivity contribution >= 4 is 17.9 Å². The molecule has 29 heavy (non-hydrogen) atoms. The molecule has 0 aromatic heterocycles. The summed E-state index contributed by atoms with van der Waals surface area (Å²) in [6, 6.07) is 0. The molecule has 0 bridgehead atoms. The van der Waals surface area contributed by atoms with Crippen LogP contribution in [-0.4, -0.2) is 48.9 Å². The van der Waals surface area contributed by atoms with Crippen molar-refractivity contribution in [3.63, 3.8) is 0 Å². The minimum absolute atomic E-state index is 0.163. The maximum Gasteiger partial charge on any atom is 0.310 e. The third-order valence-corrected chi connectivity index (χ3v) is 4.63. The Kier molecular flexibility index (Phi) is 16.3. The average Bonchev–Trinajstić information content (AvgIpc) is 2.69. The minimum Gasteiger partial charge on any atom is -0.466 e. The Balaban J connectivity index is 4.74. The summed E-state index contributed by atoms with van der Waals surface area (Å²) >= 11 is 0. The first-order chi connectivity index (χ1) is 13.8. The molecule has 0 fully saturated rings. The largest absolute Gasteiger partial charge is 0.466 e. The van der Waals surface area contributed by atoms with Crippen molar-refractivity contribution < 1.29 is 33.7 Å². The predicted octanol–water partition coefficient (Wildman–Crippen LogP) is 3.80. The summed E-state index contributed by atoms with van der Waals surface area (Å²) < 4.78 is 15.5. The number of aliphatic hydroxyl groups is 1. The fraction of sp³-hybridized carbons (Fsp3) is 0.864. The second kappa shape index (κ2) is 17.2. The van der Waals surface area contributed by atoms with Gasteiger partial charge < -0.3 is 19.3 Å². The lowest BCUT2D eigenvalue weighted by molar-refractivity contribution is -0.164. The highest BCUT2D eigenvalue weighted by Gasteiger charge is 2.35. The Morgan fingerprint density at radius 1 is 0.759 bits per heavy atom. The number of esters is 3. The van der Waals surface area contributed by atoms with Crippen LogP contribution in [0.15, 0.2) is 0 Å². The molecule has 0 aromatic rings. The Hall–Kier alpha value is -1.63. The monoisotopic (exact) mass is 416 g/mol. The molecular weight excluding hydrogens is 376 g/mol. The van der Waals surface area contributed by atoms with Gasteiger partial charge in [-0.25, -0.2) is 0 Å². The molecule has 0 heterocycles. The van der Waals surface area contributed by atoms with E-state index in [1.807, 2.05) is 0 Å².